The zero-order valence-electron chi connectivity index (χ0n) is 15.9. The van der Waals surface area contributed by atoms with E-state index in [1.165, 1.54) is 0 Å². The number of alkyl halides is 2. The van der Waals surface area contributed by atoms with Gasteiger partial charge in [0.1, 0.15) is 5.75 Å². The van der Waals surface area contributed by atoms with Crippen molar-refractivity contribution in [1.29, 1.82) is 0 Å². The number of hydrogen-bond donors (Lipinski definition) is 2. The molecule has 2 saturated heterocycles. The molecule has 29 heavy (non-hydrogen) atoms. The Hall–Kier alpha value is -2.87. The molecule has 0 saturated carbocycles. The first-order chi connectivity index (χ1) is 13.9. The Morgan fingerprint density at radius 1 is 1.17 bits per heavy atom. The van der Waals surface area contributed by atoms with Crippen LogP contribution in [0.2, 0.25) is 0 Å². The van der Waals surface area contributed by atoms with E-state index < -0.39 is 12.0 Å². The highest BCUT2D eigenvalue weighted by molar-refractivity contribution is 5.87. The molecule has 3 atom stereocenters. The molecule has 3 aromatic rings. The second-order valence-corrected chi connectivity index (χ2v) is 7.96. The number of fused-ring (bicyclic) bond motifs is 3. The van der Waals surface area contributed by atoms with Crippen molar-refractivity contribution in [3.8, 4) is 17.0 Å². The van der Waals surface area contributed by atoms with Crippen molar-refractivity contribution in [3.63, 3.8) is 0 Å². The third kappa shape index (κ3) is 3.17. The number of nitrogens with one attached hydrogen (secondary N) is 1. The number of benzene rings is 1. The molecule has 4 heterocycles. The highest BCUT2D eigenvalue weighted by atomic mass is 19.3. The largest absolute Gasteiger partial charge is 0.507 e. The smallest absolute Gasteiger partial charge is 0.264 e. The fourth-order valence-electron chi connectivity index (χ4n) is 4.50. The van der Waals surface area contributed by atoms with Crippen molar-refractivity contribution < 1.29 is 13.9 Å². The topological polar surface area (TPSA) is 74.2 Å². The van der Waals surface area contributed by atoms with E-state index in [0.717, 1.165) is 5.39 Å². The van der Waals surface area contributed by atoms with Gasteiger partial charge in [-0.05, 0) is 37.1 Å². The maximum Gasteiger partial charge on any atom is 0.264 e. The van der Waals surface area contributed by atoms with Crippen LogP contribution in [0.15, 0.2) is 42.6 Å². The summed E-state index contributed by atoms with van der Waals surface area (Å²) in [4.78, 5) is 6.17. The molecular formula is C21H21F2N5O. The fourth-order valence-corrected chi connectivity index (χ4v) is 4.50. The summed E-state index contributed by atoms with van der Waals surface area (Å²) in [5, 5.41) is 22.9. The van der Waals surface area contributed by atoms with Crippen LogP contribution < -0.4 is 10.2 Å². The summed E-state index contributed by atoms with van der Waals surface area (Å²) in [5.74, 6) is -1.92. The molecule has 150 valence electrons. The SMILES string of the molecule is CN(c1ccc(-c2cc3cccnc3cc2O)nn1)[C@H]1C[C@@H]2CC(F)(F)[C@H](C1)N2. The summed E-state index contributed by atoms with van der Waals surface area (Å²) in [7, 11) is 1.87. The van der Waals surface area contributed by atoms with E-state index >= 15 is 0 Å². The average Bonchev–Trinajstić information content (AvgIpc) is 2.93. The number of aromatic nitrogens is 3. The van der Waals surface area contributed by atoms with Gasteiger partial charge in [0.25, 0.3) is 5.92 Å². The van der Waals surface area contributed by atoms with Crippen LogP contribution in [-0.4, -0.2) is 51.4 Å². The van der Waals surface area contributed by atoms with Crippen LogP contribution in [0.25, 0.3) is 22.2 Å². The van der Waals surface area contributed by atoms with E-state index in [-0.39, 0.29) is 24.3 Å². The average molecular weight is 397 g/mol. The molecule has 0 amide bonds. The number of anilines is 1. The van der Waals surface area contributed by atoms with Crippen LogP contribution in [0.3, 0.4) is 0 Å². The van der Waals surface area contributed by atoms with Gasteiger partial charge in [0.15, 0.2) is 5.82 Å². The number of hydrogen-bond acceptors (Lipinski definition) is 6. The summed E-state index contributed by atoms with van der Waals surface area (Å²) >= 11 is 0. The van der Waals surface area contributed by atoms with Crippen LogP contribution in [-0.2, 0) is 0 Å². The summed E-state index contributed by atoms with van der Waals surface area (Å²) in [6, 6.07) is 9.85. The molecule has 0 spiro atoms. The number of halogens is 2. The predicted molar refractivity (Wildman–Crippen MR) is 106 cm³/mol. The van der Waals surface area contributed by atoms with Crippen LogP contribution in [0, 0.1) is 0 Å². The first kappa shape index (κ1) is 18.2. The second-order valence-electron chi connectivity index (χ2n) is 7.96. The minimum absolute atomic E-state index is 0.0140. The van der Waals surface area contributed by atoms with E-state index in [4.69, 9.17) is 0 Å². The van der Waals surface area contributed by atoms with Gasteiger partial charge in [-0.2, -0.15) is 0 Å². The lowest BCUT2D eigenvalue weighted by atomic mass is 9.98. The normalized spacial score (nSPS) is 25.3. The summed E-state index contributed by atoms with van der Waals surface area (Å²) in [6.45, 7) is 0. The number of phenols is 1. The summed E-state index contributed by atoms with van der Waals surface area (Å²) in [5.41, 5.74) is 1.82. The summed E-state index contributed by atoms with van der Waals surface area (Å²) in [6.07, 6.45) is 2.61. The highest BCUT2D eigenvalue weighted by Gasteiger charge is 2.53. The third-order valence-corrected chi connectivity index (χ3v) is 6.09. The van der Waals surface area contributed by atoms with Crippen LogP contribution in [0.1, 0.15) is 19.3 Å². The van der Waals surface area contributed by atoms with Gasteiger partial charge in [0.2, 0.25) is 0 Å². The maximum absolute atomic E-state index is 14.0. The molecule has 2 bridgehead atoms. The minimum atomic E-state index is -2.64. The second kappa shape index (κ2) is 6.59. The van der Waals surface area contributed by atoms with Crippen molar-refractivity contribution >= 4 is 16.7 Å². The van der Waals surface area contributed by atoms with E-state index in [1.807, 2.05) is 36.2 Å². The molecule has 2 aliphatic heterocycles. The molecule has 1 aromatic carbocycles. The Kier molecular flexibility index (Phi) is 4.13. The van der Waals surface area contributed by atoms with Gasteiger partial charge in [-0.25, -0.2) is 8.78 Å². The molecule has 8 heteroatoms. The van der Waals surface area contributed by atoms with E-state index in [2.05, 4.69) is 20.5 Å². The Bertz CT molecular complexity index is 1060. The molecule has 5 rings (SSSR count). The van der Waals surface area contributed by atoms with Crippen LogP contribution in [0.4, 0.5) is 14.6 Å². The van der Waals surface area contributed by atoms with Crippen molar-refractivity contribution in [3.05, 3.63) is 42.6 Å². The number of nitrogens with zero attached hydrogens (tertiary/aromatic N) is 4. The third-order valence-electron chi connectivity index (χ3n) is 6.09. The number of aromatic hydroxyl groups is 1. The standard InChI is InChI=1S/C21H21F2N5O/c1-28(14-8-13-11-21(22,23)19(9-14)25-13)20-5-4-16(26-27-20)15-7-12-3-2-6-24-17(12)10-18(15)29/h2-7,10,13-14,19,25,29H,8-9,11H2,1H3/t13-,14+,19+/m1/s1. The number of rotatable bonds is 3. The minimum Gasteiger partial charge on any atom is -0.507 e. The van der Waals surface area contributed by atoms with Gasteiger partial charge in [0, 0.05) is 48.8 Å². The lowest BCUT2D eigenvalue weighted by Gasteiger charge is -2.36. The Balaban J connectivity index is 1.39. The predicted octanol–water partition coefficient (Wildman–Crippen LogP) is 3.36. The lowest BCUT2D eigenvalue weighted by Crippen LogP contribution is -2.49. The molecule has 2 fully saturated rings. The van der Waals surface area contributed by atoms with Gasteiger partial charge in [-0.15, -0.1) is 10.2 Å². The van der Waals surface area contributed by atoms with Crippen LogP contribution >= 0.6 is 0 Å². The molecule has 0 unspecified atom stereocenters. The molecule has 2 aliphatic rings. The summed E-state index contributed by atoms with van der Waals surface area (Å²) < 4.78 is 28.0. The van der Waals surface area contributed by atoms with Crippen molar-refractivity contribution in [2.75, 3.05) is 11.9 Å². The first-order valence-corrected chi connectivity index (χ1v) is 9.69. The van der Waals surface area contributed by atoms with Gasteiger partial charge < -0.3 is 15.3 Å². The zero-order chi connectivity index (χ0) is 20.2. The first-order valence-electron chi connectivity index (χ1n) is 9.69. The van der Waals surface area contributed by atoms with Crippen molar-refractivity contribution in [2.24, 2.45) is 0 Å². The van der Waals surface area contributed by atoms with Gasteiger partial charge in [-0.3, -0.25) is 4.98 Å². The highest BCUT2D eigenvalue weighted by Crippen LogP contribution is 2.40. The zero-order valence-corrected chi connectivity index (χ0v) is 15.9. The molecular weight excluding hydrogens is 376 g/mol. The van der Waals surface area contributed by atoms with Crippen LogP contribution in [0.5, 0.6) is 5.75 Å². The molecule has 0 aliphatic carbocycles. The fraction of sp³-hybridized carbons (Fsp3) is 0.381. The Labute approximate surface area is 166 Å². The number of piperidine rings is 1. The van der Waals surface area contributed by atoms with Crippen molar-refractivity contribution in [2.45, 2.75) is 43.3 Å². The molecule has 2 aromatic heterocycles. The molecule has 6 nitrogen and oxygen atoms in total. The quantitative estimate of drug-likeness (QED) is 0.706. The lowest BCUT2D eigenvalue weighted by molar-refractivity contribution is -0.0128. The van der Waals surface area contributed by atoms with E-state index in [0.29, 0.717) is 35.4 Å². The Morgan fingerprint density at radius 2 is 2.03 bits per heavy atom. The monoisotopic (exact) mass is 397 g/mol. The van der Waals surface area contributed by atoms with E-state index in [1.54, 1.807) is 18.3 Å². The van der Waals surface area contributed by atoms with Gasteiger partial charge in [-0.1, -0.05) is 6.07 Å². The maximum atomic E-state index is 14.0. The van der Waals surface area contributed by atoms with Gasteiger partial charge >= 0.3 is 0 Å². The van der Waals surface area contributed by atoms with E-state index in [9.17, 15) is 13.9 Å². The van der Waals surface area contributed by atoms with Gasteiger partial charge in [0.05, 0.1) is 17.3 Å². The van der Waals surface area contributed by atoms with Crippen molar-refractivity contribution in [1.82, 2.24) is 20.5 Å². The molecule has 2 N–H and O–H groups in total. The number of phenolic OH excluding ortho intramolecular Hbond substituents is 1. The Morgan fingerprint density at radius 3 is 2.79 bits per heavy atom. The number of pyridine rings is 1. The molecule has 0 radical (unpaired) electrons.